The van der Waals surface area contributed by atoms with Gasteiger partial charge >= 0.3 is 0 Å². The Bertz CT molecular complexity index is 1490. The smallest absolute Gasteiger partial charge is 0.278 e. The van der Waals surface area contributed by atoms with Crippen LogP contribution in [0.5, 0.6) is 5.88 Å². The van der Waals surface area contributed by atoms with Gasteiger partial charge in [0.1, 0.15) is 5.39 Å². The molecule has 2 aliphatic rings. The van der Waals surface area contributed by atoms with E-state index in [1.165, 1.54) is 11.1 Å². The molecule has 2 aliphatic heterocycles. The van der Waals surface area contributed by atoms with Crippen LogP contribution in [-0.2, 0) is 19.5 Å². The highest BCUT2D eigenvalue weighted by molar-refractivity contribution is 5.77. The van der Waals surface area contributed by atoms with Gasteiger partial charge in [-0.3, -0.25) is 4.79 Å². The number of hydrogen-bond acceptors (Lipinski definition) is 7. The van der Waals surface area contributed by atoms with E-state index in [4.69, 9.17) is 9.72 Å². The van der Waals surface area contributed by atoms with Crippen LogP contribution < -0.4 is 15.6 Å². The van der Waals surface area contributed by atoms with Crippen molar-refractivity contribution in [1.29, 1.82) is 0 Å². The second kappa shape index (κ2) is 8.99. The summed E-state index contributed by atoms with van der Waals surface area (Å²) in [5.74, 6) is 1.53. The van der Waals surface area contributed by atoms with E-state index in [1.807, 2.05) is 24.3 Å². The van der Waals surface area contributed by atoms with Gasteiger partial charge in [-0.2, -0.15) is 9.97 Å². The average Bonchev–Trinajstić information content (AvgIpc) is 3.14. The van der Waals surface area contributed by atoms with E-state index in [-0.39, 0.29) is 5.56 Å². The lowest BCUT2D eigenvalue weighted by atomic mass is 9.99. The number of rotatable bonds is 2. The number of nitrogens with zero attached hydrogens (tertiary/aromatic N) is 6. The van der Waals surface area contributed by atoms with Crippen molar-refractivity contribution >= 4 is 22.7 Å². The van der Waals surface area contributed by atoms with Gasteiger partial charge in [0.2, 0.25) is 11.8 Å². The van der Waals surface area contributed by atoms with Gasteiger partial charge in [0.05, 0.1) is 13.2 Å². The van der Waals surface area contributed by atoms with Crippen LogP contribution in [0.4, 0.5) is 11.6 Å². The van der Waals surface area contributed by atoms with E-state index in [2.05, 4.69) is 51.5 Å². The fourth-order valence-electron chi connectivity index (χ4n) is 4.66. The van der Waals surface area contributed by atoms with Gasteiger partial charge in [-0.05, 0) is 55.6 Å². The molecule has 3 aromatic heterocycles. The molecule has 1 N–H and O–H groups in total. The fraction of sp³-hybridized carbons (Fsp3) is 0.308. The van der Waals surface area contributed by atoms with E-state index >= 15 is 0 Å². The van der Waals surface area contributed by atoms with Gasteiger partial charge in [-0.25, -0.2) is 14.3 Å². The van der Waals surface area contributed by atoms with Gasteiger partial charge in [0.15, 0.2) is 11.5 Å². The van der Waals surface area contributed by atoms with Crippen molar-refractivity contribution in [3.63, 3.8) is 0 Å². The Balaban J connectivity index is 1.43. The standard InChI is InChI=1S/C26H27N7O2/c1-31-13-11-18-15-20(10-9-19(18)17-31)28-26-27-16-21-24(30-26)33-22-7-6-8-23(29-22)35-14-5-3-2-4-12-32(33)25(21)34/h2,4,6-10,15-16H,3,5,11-14,17H2,1H3,(H,27,28,30)/b4-2-. The Morgan fingerprint density at radius 3 is 2.97 bits per heavy atom. The Hall–Kier alpha value is -3.98. The molecule has 0 unspecified atom stereocenters. The number of likely N-dealkylation sites (N-methyl/N-ethyl adjacent to an activating group) is 1. The van der Waals surface area contributed by atoms with Gasteiger partial charge in [-0.15, -0.1) is 0 Å². The lowest BCUT2D eigenvalue weighted by Gasteiger charge is -2.25. The quantitative estimate of drug-likeness (QED) is 0.450. The number of allylic oxidation sites excluding steroid dienone is 2. The summed E-state index contributed by atoms with van der Waals surface area (Å²) in [6.07, 6.45) is 8.45. The molecule has 4 aromatic rings. The van der Waals surface area contributed by atoms with Gasteiger partial charge in [0.25, 0.3) is 5.56 Å². The van der Waals surface area contributed by atoms with Crippen LogP contribution in [0.1, 0.15) is 24.0 Å². The summed E-state index contributed by atoms with van der Waals surface area (Å²) in [7, 11) is 2.14. The van der Waals surface area contributed by atoms with E-state index in [9.17, 15) is 4.79 Å². The molecule has 0 radical (unpaired) electrons. The predicted octanol–water partition coefficient (Wildman–Crippen LogP) is 3.44. The van der Waals surface area contributed by atoms with Gasteiger partial charge < -0.3 is 15.0 Å². The predicted molar refractivity (Wildman–Crippen MR) is 135 cm³/mol. The number of fused-ring (bicyclic) bond motifs is 7. The van der Waals surface area contributed by atoms with Crippen LogP contribution in [0.3, 0.4) is 0 Å². The summed E-state index contributed by atoms with van der Waals surface area (Å²) in [4.78, 5) is 29.5. The second-order valence-electron chi connectivity index (χ2n) is 9.02. The molecule has 9 nitrogen and oxygen atoms in total. The van der Waals surface area contributed by atoms with Gasteiger partial charge in [-0.1, -0.05) is 24.3 Å². The Morgan fingerprint density at radius 1 is 1.09 bits per heavy atom. The molecule has 1 aromatic carbocycles. The zero-order valence-electron chi connectivity index (χ0n) is 19.6. The van der Waals surface area contributed by atoms with Crippen LogP contribution in [-0.4, -0.2) is 49.4 Å². The Kier molecular flexibility index (Phi) is 5.54. The number of nitrogens with one attached hydrogen (secondary N) is 1. The van der Waals surface area contributed by atoms with Crippen LogP contribution in [0.25, 0.3) is 16.9 Å². The lowest BCUT2D eigenvalue weighted by Crippen LogP contribution is -2.26. The molecule has 2 bridgehead atoms. The third-order valence-corrected chi connectivity index (χ3v) is 6.48. The minimum absolute atomic E-state index is 0.153. The maximum atomic E-state index is 13.3. The van der Waals surface area contributed by atoms with Crippen molar-refractivity contribution in [3.8, 4) is 11.7 Å². The van der Waals surface area contributed by atoms with Crippen LogP contribution in [0.15, 0.2) is 59.5 Å². The summed E-state index contributed by atoms with van der Waals surface area (Å²) in [5.41, 5.74) is 3.97. The molecular formula is C26H27N7O2. The molecule has 9 heteroatoms. The lowest BCUT2D eigenvalue weighted by molar-refractivity contribution is 0.299. The Morgan fingerprint density at radius 2 is 2.03 bits per heavy atom. The first-order valence-electron chi connectivity index (χ1n) is 12.0. The molecular weight excluding hydrogens is 442 g/mol. The number of pyridine rings is 1. The van der Waals surface area contributed by atoms with E-state index in [1.54, 1.807) is 15.6 Å². The zero-order chi connectivity index (χ0) is 23.8. The van der Waals surface area contributed by atoms with Crippen LogP contribution >= 0.6 is 0 Å². The van der Waals surface area contributed by atoms with Crippen molar-refractivity contribution < 1.29 is 4.74 Å². The number of benzene rings is 1. The molecule has 0 amide bonds. The molecule has 0 atom stereocenters. The first kappa shape index (κ1) is 21.5. The minimum atomic E-state index is -0.153. The highest BCUT2D eigenvalue weighted by atomic mass is 16.5. The molecule has 5 heterocycles. The van der Waals surface area contributed by atoms with Crippen molar-refractivity contribution in [2.75, 3.05) is 25.5 Å². The summed E-state index contributed by atoms with van der Waals surface area (Å²) in [6.45, 7) is 3.02. The molecule has 0 aliphatic carbocycles. The van der Waals surface area contributed by atoms with Crippen LogP contribution in [0.2, 0.25) is 0 Å². The molecule has 0 spiro atoms. The molecule has 0 fully saturated rings. The number of ether oxygens (including phenoxy) is 1. The van der Waals surface area contributed by atoms with Gasteiger partial charge in [0, 0.05) is 31.0 Å². The highest BCUT2D eigenvalue weighted by Gasteiger charge is 2.19. The molecule has 35 heavy (non-hydrogen) atoms. The topological polar surface area (TPSA) is 90.1 Å². The van der Waals surface area contributed by atoms with E-state index in [0.717, 1.165) is 38.0 Å². The highest BCUT2D eigenvalue weighted by Crippen LogP contribution is 2.24. The number of aromatic nitrogens is 5. The van der Waals surface area contributed by atoms with Crippen molar-refractivity contribution in [2.45, 2.75) is 32.4 Å². The molecule has 178 valence electrons. The maximum Gasteiger partial charge on any atom is 0.278 e. The van der Waals surface area contributed by atoms with E-state index < -0.39 is 0 Å². The maximum absolute atomic E-state index is 13.3. The summed E-state index contributed by atoms with van der Waals surface area (Å²) < 4.78 is 9.21. The fourth-order valence-corrected chi connectivity index (χ4v) is 4.66. The first-order valence-corrected chi connectivity index (χ1v) is 12.0. The summed E-state index contributed by atoms with van der Waals surface area (Å²) >= 11 is 0. The van der Waals surface area contributed by atoms with E-state index in [0.29, 0.717) is 41.8 Å². The largest absolute Gasteiger partial charge is 0.478 e. The third kappa shape index (κ3) is 4.19. The SMILES string of the molecule is CN1CCc2cc(Nc3ncc4c(=O)n5n(c4n3)-c3cccc(n3)OCCC/C=C\C5)ccc2C1. The Labute approximate surface area is 202 Å². The number of hydrogen-bond donors (Lipinski definition) is 1. The third-order valence-electron chi connectivity index (χ3n) is 6.48. The zero-order valence-corrected chi connectivity index (χ0v) is 19.6. The molecule has 6 rings (SSSR count). The van der Waals surface area contributed by atoms with Crippen molar-refractivity contribution in [2.24, 2.45) is 0 Å². The van der Waals surface area contributed by atoms with Crippen molar-refractivity contribution in [1.82, 2.24) is 29.2 Å². The summed E-state index contributed by atoms with van der Waals surface area (Å²) in [6, 6.07) is 11.9. The summed E-state index contributed by atoms with van der Waals surface area (Å²) in [5, 5.41) is 3.77. The monoisotopic (exact) mass is 469 g/mol. The second-order valence-corrected chi connectivity index (χ2v) is 9.02. The van der Waals surface area contributed by atoms with Crippen molar-refractivity contribution in [3.05, 3.63) is 76.2 Å². The molecule has 0 saturated heterocycles. The molecule has 0 saturated carbocycles. The minimum Gasteiger partial charge on any atom is -0.478 e. The first-order chi connectivity index (χ1) is 17.2. The average molecular weight is 470 g/mol. The van der Waals surface area contributed by atoms with Crippen LogP contribution in [0, 0.1) is 0 Å². The normalized spacial score (nSPS) is 16.9. The number of anilines is 2.